The second kappa shape index (κ2) is 8.20. The number of hydrogen-bond acceptors (Lipinski definition) is 3. The van der Waals surface area contributed by atoms with Crippen molar-refractivity contribution in [3.05, 3.63) is 69.6 Å². The number of likely N-dealkylation sites (N-methyl/N-ethyl adjacent to an activating group) is 1. The van der Waals surface area contributed by atoms with Gasteiger partial charge >= 0.3 is 0 Å². The van der Waals surface area contributed by atoms with Crippen molar-refractivity contribution in [2.24, 2.45) is 0 Å². The number of rotatable bonds is 5. The molecule has 0 aliphatic rings. The summed E-state index contributed by atoms with van der Waals surface area (Å²) < 4.78 is 1.51. The lowest BCUT2D eigenvalue weighted by Gasteiger charge is -2.23. The Bertz CT molecular complexity index is 894. The molecule has 1 N–H and O–H groups in total. The smallest absolute Gasteiger partial charge is 0.263 e. The van der Waals surface area contributed by atoms with Crippen LogP contribution in [0, 0.1) is 6.92 Å². The Kier molecular flexibility index (Phi) is 6.20. The molecule has 0 spiro atoms. The maximum absolute atomic E-state index is 12.7. The van der Waals surface area contributed by atoms with E-state index in [1.54, 1.807) is 12.3 Å². The van der Waals surface area contributed by atoms with Crippen molar-refractivity contribution in [2.75, 3.05) is 13.6 Å². The first-order valence-corrected chi connectivity index (χ1v) is 8.88. The van der Waals surface area contributed by atoms with E-state index in [1.807, 2.05) is 52.0 Å². The summed E-state index contributed by atoms with van der Waals surface area (Å²) in [5, 5.41) is 2.80. The van der Waals surface area contributed by atoms with Crippen molar-refractivity contribution in [3.63, 3.8) is 0 Å². The molecular weight excluding hydrogens is 342 g/mol. The summed E-state index contributed by atoms with van der Waals surface area (Å²) in [6, 6.07) is 11.0. The first-order valence-electron chi connectivity index (χ1n) is 8.88. The van der Waals surface area contributed by atoms with Gasteiger partial charge in [0.15, 0.2) is 0 Å². The summed E-state index contributed by atoms with van der Waals surface area (Å²) in [5.74, 6) is -0.739. The molecule has 0 radical (unpaired) electrons. The average Bonchev–Trinajstić information content (AvgIpc) is 2.54. The standard InChI is InChI=1S/C21H27N3O3/c1-15-8-6-9-16(12-15)13-24-11-7-10-17(20(24)27)19(26)23(5)14-18(25)22-21(2,3)4/h6-12H,13-14H2,1-5H3,(H,22,25). The SMILES string of the molecule is Cc1cccc(Cn2cccc(C(=O)N(C)CC(=O)NC(C)(C)C)c2=O)c1. The summed E-state index contributed by atoms with van der Waals surface area (Å²) in [4.78, 5) is 38.7. The van der Waals surface area contributed by atoms with Crippen LogP contribution in [0.15, 0.2) is 47.4 Å². The van der Waals surface area contributed by atoms with Gasteiger partial charge in [0.25, 0.3) is 11.5 Å². The highest BCUT2D eigenvalue weighted by Gasteiger charge is 2.21. The van der Waals surface area contributed by atoms with Gasteiger partial charge in [-0.3, -0.25) is 14.4 Å². The highest BCUT2D eigenvalue weighted by molar-refractivity contribution is 5.96. The van der Waals surface area contributed by atoms with Crippen LogP contribution in [0.4, 0.5) is 0 Å². The highest BCUT2D eigenvalue weighted by atomic mass is 16.2. The van der Waals surface area contributed by atoms with Crippen LogP contribution in [0.5, 0.6) is 0 Å². The van der Waals surface area contributed by atoms with Gasteiger partial charge in [-0.25, -0.2) is 0 Å². The minimum absolute atomic E-state index is 0.0520. The van der Waals surface area contributed by atoms with Gasteiger partial charge < -0.3 is 14.8 Å². The Morgan fingerprint density at radius 2 is 1.85 bits per heavy atom. The van der Waals surface area contributed by atoms with Crippen LogP contribution in [0.2, 0.25) is 0 Å². The lowest BCUT2D eigenvalue weighted by molar-refractivity contribution is -0.122. The third kappa shape index (κ3) is 5.81. The molecule has 1 aromatic heterocycles. The Morgan fingerprint density at radius 3 is 2.48 bits per heavy atom. The van der Waals surface area contributed by atoms with E-state index in [0.717, 1.165) is 11.1 Å². The largest absolute Gasteiger partial charge is 0.350 e. The summed E-state index contributed by atoms with van der Waals surface area (Å²) in [7, 11) is 1.52. The van der Waals surface area contributed by atoms with E-state index < -0.39 is 5.91 Å². The molecule has 1 heterocycles. The van der Waals surface area contributed by atoms with E-state index >= 15 is 0 Å². The van der Waals surface area contributed by atoms with Crippen molar-refractivity contribution < 1.29 is 9.59 Å². The molecule has 1 aromatic carbocycles. The predicted molar refractivity (Wildman–Crippen MR) is 106 cm³/mol. The number of pyridine rings is 1. The molecule has 2 aromatic rings. The molecule has 0 unspecified atom stereocenters. The highest BCUT2D eigenvalue weighted by Crippen LogP contribution is 2.06. The number of nitrogens with one attached hydrogen (secondary N) is 1. The molecule has 0 saturated carbocycles. The fourth-order valence-corrected chi connectivity index (χ4v) is 2.78. The third-order valence-corrected chi connectivity index (χ3v) is 3.93. The van der Waals surface area contributed by atoms with E-state index in [1.165, 1.54) is 22.6 Å². The van der Waals surface area contributed by atoms with Crippen LogP contribution in [0.1, 0.15) is 42.3 Å². The van der Waals surface area contributed by atoms with E-state index in [2.05, 4.69) is 5.32 Å². The van der Waals surface area contributed by atoms with Crippen molar-refractivity contribution in [1.82, 2.24) is 14.8 Å². The van der Waals surface area contributed by atoms with Gasteiger partial charge in [0, 0.05) is 18.8 Å². The Morgan fingerprint density at radius 1 is 1.15 bits per heavy atom. The number of carbonyl (C=O) groups excluding carboxylic acids is 2. The Labute approximate surface area is 159 Å². The number of benzene rings is 1. The van der Waals surface area contributed by atoms with Gasteiger partial charge in [0.05, 0.1) is 13.1 Å². The number of nitrogens with zero attached hydrogens (tertiary/aromatic N) is 2. The van der Waals surface area contributed by atoms with Crippen molar-refractivity contribution >= 4 is 11.8 Å². The summed E-state index contributed by atoms with van der Waals surface area (Å²) in [6.07, 6.45) is 1.66. The molecule has 0 aliphatic heterocycles. The van der Waals surface area contributed by atoms with E-state index in [-0.39, 0.29) is 29.1 Å². The van der Waals surface area contributed by atoms with Gasteiger partial charge in [-0.2, -0.15) is 0 Å². The van der Waals surface area contributed by atoms with E-state index in [9.17, 15) is 14.4 Å². The number of hydrogen-bond donors (Lipinski definition) is 1. The molecule has 27 heavy (non-hydrogen) atoms. The molecule has 0 aliphatic carbocycles. The third-order valence-electron chi connectivity index (χ3n) is 3.93. The molecule has 0 fully saturated rings. The zero-order valence-corrected chi connectivity index (χ0v) is 16.6. The number of aromatic nitrogens is 1. The van der Waals surface area contributed by atoms with Gasteiger partial charge in [-0.05, 0) is 45.4 Å². The fourth-order valence-electron chi connectivity index (χ4n) is 2.78. The number of carbonyl (C=O) groups is 2. The van der Waals surface area contributed by atoms with Crippen molar-refractivity contribution in [1.29, 1.82) is 0 Å². The van der Waals surface area contributed by atoms with Gasteiger partial charge in [0.2, 0.25) is 5.91 Å². The van der Waals surface area contributed by atoms with Gasteiger partial charge in [-0.1, -0.05) is 29.8 Å². The van der Waals surface area contributed by atoms with Crippen LogP contribution in [0.3, 0.4) is 0 Å². The molecule has 2 amide bonds. The molecule has 0 atom stereocenters. The van der Waals surface area contributed by atoms with Gasteiger partial charge in [-0.15, -0.1) is 0 Å². The summed E-state index contributed by atoms with van der Waals surface area (Å²) in [6.45, 7) is 7.87. The molecule has 0 bridgehead atoms. The topological polar surface area (TPSA) is 71.4 Å². The zero-order chi connectivity index (χ0) is 20.2. The van der Waals surface area contributed by atoms with Crippen LogP contribution in [0.25, 0.3) is 0 Å². The van der Waals surface area contributed by atoms with Crippen LogP contribution >= 0.6 is 0 Å². The normalized spacial score (nSPS) is 11.1. The lowest BCUT2D eigenvalue weighted by Crippen LogP contribution is -2.47. The summed E-state index contributed by atoms with van der Waals surface area (Å²) in [5.41, 5.74) is 1.40. The lowest BCUT2D eigenvalue weighted by atomic mass is 10.1. The second-order valence-electron chi connectivity index (χ2n) is 7.80. The molecule has 6 heteroatoms. The van der Waals surface area contributed by atoms with E-state index in [0.29, 0.717) is 6.54 Å². The molecule has 2 rings (SSSR count). The predicted octanol–water partition coefficient (Wildman–Crippen LogP) is 2.19. The Hall–Kier alpha value is -2.89. The van der Waals surface area contributed by atoms with Crippen LogP contribution in [-0.2, 0) is 11.3 Å². The average molecular weight is 369 g/mol. The van der Waals surface area contributed by atoms with E-state index in [4.69, 9.17) is 0 Å². The minimum Gasteiger partial charge on any atom is -0.350 e. The first-order chi connectivity index (χ1) is 12.6. The minimum atomic E-state index is -0.470. The number of amides is 2. The Balaban J connectivity index is 2.17. The fraction of sp³-hybridized carbons (Fsp3) is 0.381. The quantitative estimate of drug-likeness (QED) is 0.878. The van der Waals surface area contributed by atoms with Gasteiger partial charge in [0.1, 0.15) is 5.56 Å². The monoisotopic (exact) mass is 369 g/mol. The molecule has 6 nitrogen and oxygen atoms in total. The summed E-state index contributed by atoms with van der Waals surface area (Å²) >= 11 is 0. The second-order valence-corrected chi connectivity index (χ2v) is 7.80. The van der Waals surface area contributed by atoms with Crippen LogP contribution < -0.4 is 10.9 Å². The molecular formula is C21H27N3O3. The van der Waals surface area contributed by atoms with Crippen LogP contribution in [-0.4, -0.2) is 40.4 Å². The molecule has 0 saturated heterocycles. The van der Waals surface area contributed by atoms with Crippen molar-refractivity contribution in [2.45, 2.75) is 39.8 Å². The van der Waals surface area contributed by atoms with Crippen molar-refractivity contribution in [3.8, 4) is 0 Å². The maximum Gasteiger partial charge on any atom is 0.263 e. The zero-order valence-electron chi connectivity index (χ0n) is 16.6. The maximum atomic E-state index is 12.7. The first kappa shape index (κ1) is 20.4. The number of aryl methyl sites for hydroxylation is 1. The molecule has 144 valence electrons.